The van der Waals surface area contributed by atoms with E-state index in [1.54, 1.807) is 0 Å². The van der Waals surface area contributed by atoms with Crippen LogP contribution < -0.4 is 4.91 Å². The van der Waals surface area contributed by atoms with Crippen LogP contribution in [-0.4, -0.2) is 0 Å². The molecule has 5 heavy (non-hydrogen) atoms. The topological polar surface area (TPSA) is 61.8 Å². The second-order valence-electron chi connectivity index (χ2n) is 0.112. The normalized spacial score (nSPS) is 2.80. The fourth-order valence-corrected chi connectivity index (χ4v) is 0. The highest BCUT2D eigenvalue weighted by atomic mass is 15.0. The molecule has 0 aromatic rings. The van der Waals surface area contributed by atoms with Crippen LogP contribution in [0.3, 0.4) is 0 Å². The first-order chi connectivity index (χ1) is 2.41. The average Bonchev–Trinajstić information content (AvgIpc) is 1.46. The number of hydrogen-bond acceptors (Lipinski definition) is 2. The Morgan fingerprint density at radius 3 is 1.20 bits per heavy atom. The summed E-state index contributed by atoms with van der Waals surface area (Å²) < 4.78 is 0. The molecule has 30 valence electrons. The molecule has 0 aliphatic rings. The van der Waals surface area contributed by atoms with E-state index in [0.29, 0.717) is 0 Å². The molecule has 0 aromatic carbocycles. The van der Waals surface area contributed by atoms with Crippen molar-refractivity contribution in [2.75, 3.05) is 0 Å². The van der Waals surface area contributed by atoms with E-state index in [1.165, 1.54) is 0 Å². The molecular formula is C2H8N3+. The molecule has 0 spiro atoms. The summed E-state index contributed by atoms with van der Waals surface area (Å²) in [6, 6.07) is 0. The predicted octanol–water partition coefficient (Wildman–Crippen LogP) is 1.14. The monoisotopic (exact) mass is 74.1 g/mol. The van der Waals surface area contributed by atoms with Gasteiger partial charge in [-0.3, -0.25) is 0 Å². The van der Waals surface area contributed by atoms with Crippen molar-refractivity contribution in [3.8, 4) is 0 Å². The molecule has 0 atom stereocenters. The van der Waals surface area contributed by atoms with Crippen LogP contribution in [-0.2, 0) is 0 Å². The fourth-order valence-electron chi connectivity index (χ4n) is 0. The van der Waals surface area contributed by atoms with Gasteiger partial charge in [-0.25, -0.2) is 0 Å². The third kappa shape index (κ3) is 11.9. The molecule has 0 radical (unpaired) electrons. The Balaban J connectivity index is 0. The van der Waals surface area contributed by atoms with Gasteiger partial charge in [0.1, 0.15) is 11.1 Å². The second-order valence-corrected chi connectivity index (χ2v) is 0.112. The van der Waals surface area contributed by atoms with E-state index in [2.05, 4.69) is 0 Å². The van der Waals surface area contributed by atoms with Gasteiger partial charge in [-0.2, -0.15) is 0 Å². The molecule has 0 saturated carbocycles. The van der Waals surface area contributed by atoms with E-state index in [9.17, 15) is 0 Å². The summed E-state index contributed by atoms with van der Waals surface area (Å²) in [4.78, 5) is 2.00. The van der Waals surface area contributed by atoms with E-state index in [0.717, 1.165) is 0 Å². The van der Waals surface area contributed by atoms with E-state index >= 15 is 0 Å². The average molecular weight is 74.1 g/mol. The molecule has 0 aliphatic carbocycles. The molecule has 0 rings (SSSR count). The third-order valence-electron chi connectivity index (χ3n) is 0. The lowest BCUT2D eigenvalue weighted by molar-refractivity contribution is 0.928. The summed E-state index contributed by atoms with van der Waals surface area (Å²) in [5, 5.41) is 0. The van der Waals surface area contributed by atoms with E-state index in [4.69, 9.17) is 11.1 Å². The second kappa shape index (κ2) is 184. The van der Waals surface area contributed by atoms with Crippen LogP contribution >= 0.6 is 0 Å². The van der Waals surface area contributed by atoms with Crippen molar-refractivity contribution in [3.05, 3.63) is 0 Å². The summed E-state index contributed by atoms with van der Waals surface area (Å²) >= 11 is 0. The lowest BCUT2D eigenvalue weighted by atomic mass is 11.0. The maximum Gasteiger partial charge on any atom is 0.211 e. The number of rotatable bonds is 0. The van der Waals surface area contributed by atoms with Gasteiger partial charge in [0, 0.05) is 0 Å². The van der Waals surface area contributed by atoms with Crippen LogP contribution in [0.1, 0.15) is 13.8 Å². The first-order valence-electron chi connectivity index (χ1n) is 1.45. The Bertz CT molecular complexity index is 25.9. The van der Waals surface area contributed by atoms with Crippen LogP contribution in [0, 0.1) is 11.1 Å². The molecule has 0 aliphatic heterocycles. The van der Waals surface area contributed by atoms with Crippen molar-refractivity contribution in [1.82, 2.24) is 4.91 Å². The number of nitrogens with one attached hydrogen (secondary N) is 2. The van der Waals surface area contributed by atoms with Crippen molar-refractivity contribution in [3.63, 3.8) is 0 Å². The minimum atomic E-state index is 2.00. The largest absolute Gasteiger partial charge is 0.211 e. The van der Waals surface area contributed by atoms with Crippen molar-refractivity contribution < 1.29 is 0 Å². The maximum absolute atomic E-state index is 5.50. The third-order valence-corrected chi connectivity index (χ3v) is 0. The standard InChI is InChI=1S/C2H6.H2N3/c1-2;1-3-2/h1-2H3;1-2H/q;+1. The molecule has 0 heterocycles. The van der Waals surface area contributed by atoms with Gasteiger partial charge in [-0.05, 0) is 0 Å². The Morgan fingerprint density at radius 2 is 1.20 bits per heavy atom. The van der Waals surface area contributed by atoms with Crippen LogP contribution in [0.5, 0.6) is 0 Å². The molecule has 0 fully saturated rings. The first-order valence-corrected chi connectivity index (χ1v) is 1.45. The molecule has 0 bridgehead atoms. The summed E-state index contributed by atoms with van der Waals surface area (Å²) in [5.74, 6) is 0. The van der Waals surface area contributed by atoms with E-state index < -0.39 is 0 Å². The minimum absolute atomic E-state index is 2.00. The van der Waals surface area contributed by atoms with Gasteiger partial charge in [0.15, 0.2) is 0 Å². The van der Waals surface area contributed by atoms with E-state index in [-0.39, 0.29) is 0 Å². The lowest BCUT2D eigenvalue weighted by Crippen LogP contribution is -1.24. The van der Waals surface area contributed by atoms with Crippen molar-refractivity contribution >= 4 is 0 Å². The Morgan fingerprint density at radius 1 is 1.20 bits per heavy atom. The molecule has 2 N–H and O–H groups in total. The highest BCUT2D eigenvalue weighted by Gasteiger charge is 1.16. The van der Waals surface area contributed by atoms with Gasteiger partial charge < -0.3 is 0 Å². The zero-order valence-electron chi connectivity index (χ0n) is 3.45. The number of hydrogen-bond donors (Lipinski definition) is 2. The highest BCUT2D eigenvalue weighted by molar-refractivity contribution is 3.50. The zero-order valence-corrected chi connectivity index (χ0v) is 3.45. The molecule has 0 unspecified atom stereocenters. The zero-order chi connectivity index (χ0) is 4.71. The summed E-state index contributed by atoms with van der Waals surface area (Å²) in [6.45, 7) is 4.00. The quantitative estimate of drug-likeness (QED) is 0.320. The molecule has 3 nitrogen and oxygen atoms in total. The fraction of sp³-hybridized carbons (Fsp3) is 1.00. The molecule has 3 heteroatoms. The summed E-state index contributed by atoms with van der Waals surface area (Å²) in [5.41, 5.74) is 11.0. The van der Waals surface area contributed by atoms with Crippen molar-refractivity contribution in [2.24, 2.45) is 0 Å². The van der Waals surface area contributed by atoms with Gasteiger partial charge in [-0.1, -0.05) is 13.8 Å². The lowest BCUT2D eigenvalue weighted by Gasteiger charge is -1.07. The van der Waals surface area contributed by atoms with E-state index in [1.807, 2.05) is 18.8 Å². The van der Waals surface area contributed by atoms with Gasteiger partial charge in [0.2, 0.25) is 4.91 Å². The van der Waals surface area contributed by atoms with Crippen LogP contribution in [0.25, 0.3) is 0 Å². The molecule has 0 aromatic heterocycles. The van der Waals surface area contributed by atoms with Crippen LogP contribution in [0.2, 0.25) is 0 Å². The molecule has 0 saturated heterocycles. The Labute approximate surface area is 31.0 Å². The van der Waals surface area contributed by atoms with Gasteiger partial charge in [0.05, 0.1) is 0 Å². The van der Waals surface area contributed by atoms with Gasteiger partial charge in [-0.15, -0.1) is 0 Å². The van der Waals surface area contributed by atoms with Gasteiger partial charge in [0.25, 0.3) is 0 Å². The smallest absolute Gasteiger partial charge is 0.0683 e. The first kappa shape index (κ1) is 8.85. The Kier molecular flexibility index (Phi) is 325. The summed E-state index contributed by atoms with van der Waals surface area (Å²) in [6.07, 6.45) is 0. The van der Waals surface area contributed by atoms with Crippen LogP contribution in [0.15, 0.2) is 0 Å². The molecular weight excluding hydrogens is 66.0 g/mol. The number of nitrogens with zero attached hydrogens (tertiary/aromatic N) is 1. The van der Waals surface area contributed by atoms with Crippen LogP contribution in [0.4, 0.5) is 0 Å². The Hall–Kier alpha value is -0.690. The van der Waals surface area contributed by atoms with Gasteiger partial charge >= 0.3 is 0 Å². The highest BCUT2D eigenvalue weighted by Crippen LogP contribution is 1.14. The van der Waals surface area contributed by atoms with Crippen molar-refractivity contribution in [1.29, 1.82) is 11.1 Å². The van der Waals surface area contributed by atoms with Crippen molar-refractivity contribution in [2.45, 2.75) is 13.8 Å². The maximum atomic E-state index is 5.50. The summed E-state index contributed by atoms with van der Waals surface area (Å²) in [7, 11) is 0. The predicted molar refractivity (Wildman–Crippen MR) is 18.9 cm³/mol. The molecule has 0 amide bonds. The SMILES string of the molecule is CC.N=[N+]=N. The minimum Gasteiger partial charge on any atom is -0.0683 e.